The number of benzene rings is 1. The van der Waals surface area contributed by atoms with Gasteiger partial charge in [0.15, 0.2) is 17.4 Å². The van der Waals surface area contributed by atoms with Crippen LogP contribution in [0.5, 0.6) is 5.75 Å². The van der Waals surface area contributed by atoms with E-state index in [2.05, 4.69) is 5.32 Å². The Morgan fingerprint density at radius 1 is 1.23 bits per heavy atom. The van der Waals surface area contributed by atoms with Crippen LogP contribution in [0.25, 0.3) is 0 Å². The van der Waals surface area contributed by atoms with Crippen molar-refractivity contribution in [2.24, 2.45) is 0 Å². The zero-order valence-corrected chi connectivity index (χ0v) is 12.5. The smallest absolute Gasteiger partial charge is 0.251 e. The lowest BCUT2D eigenvalue weighted by atomic mass is 9.80. The van der Waals surface area contributed by atoms with Crippen LogP contribution < -0.4 is 5.32 Å². The molecule has 0 bridgehead atoms. The molecule has 1 saturated heterocycles. The number of nitrogens with one attached hydrogen (secondary N) is 1. The van der Waals surface area contributed by atoms with Crippen LogP contribution in [0, 0.1) is 5.82 Å². The van der Waals surface area contributed by atoms with Crippen LogP contribution in [0.1, 0.15) is 43.0 Å². The van der Waals surface area contributed by atoms with E-state index in [1.165, 1.54) is 6.07 Å². The highest BCUT2D eigenvalue weighted by Gasteiger charge is 2.44. The first kappa shape index (κ1) is 15.2. The molecule has 6 heteroatoms. The summed E-state index contributed by atoms with van der Waals surface area (Å²) in [6.07, 6.45) is 2.95. The Balaban J connectivity index is 1.64. The summed E-state index contributed by atoms with van der Waals surface area (Å²) in [7, 11) is 0. The van der Waals surface area contributed by atoms with Gasteiger partial charge in [-0.15, -0.1) is 0 Å². The maximum absolute atomic E-state index is 13.1. The number of ether oxygens (including phenoxy) is 2. The maximum atomic E-state index is 13.1. The van der Waals surface area contributed by atoms with Crippen LogP contribution in [0.15, 0.2) is 18.2 Å². The summed E-state index contributed by atoms with van der Waals surface area (Å²) in [6.45, 7) is 3.23. The summed E-state index contributed by atoms with van der Waals surface area (Å²) in [5.41, 5.74) is -0.115. The Morgan fingerprint density at radius 2 is 1.86 bits per heavy atom. The molecule has 1 saturated carbocycles. The van der Waals surface area contributed by atoms with Crippen LogP contribution in [-0.4, -0.2) is 35.6 Å². The number of hydrogen-bond donors (Lipinski definition) is 2. The Kier molecular flexibility index (Phi) is 3.82. The number of carbonyl (C=O) groups excluding carboxylic acids is 1. The van der Waals surface area contributed by atoms with Gasteiger partial charge in [0.25, 0.3) is 5.91 Å². The van der Waals surface area contributed by atoms with Crippen LogP contribution in [0.2, 0.25) is 0 Å². The molecule has 1 amide bonds. The minimum Gasteiger partial charge on any atom is -0.505 e. The Labute approximate surface area is 128 Å². The molecule has 1 heterocycles. The molecule has 22 heavy (non-hydrogen) atoms. The quantitative estimate of drug-likeness (QED) is 0.880. The van der Waals surface area contributed by atoms with Crippen molar-refractivity contribution < 1.29 is 23.8 Å². The van der Waals surface area contributed by atoms with E-state index in [0.717, 1.165) is 37.8 Å². The van der Waals surface area contributed by atoms with Crippen LogP contribution in [-0.2, 0) is 9.47 Å². The van der Waals surface area contributed by atoms with E-state index in [9.17, 15) is 14.3 Å². The Morgan fingerprint density at radius 3 is 2.45 bits per heavy atom. The fourth-order valence-electron chi connectivity index (χ4n) is 3.09. The molecule has 2 aliphatic rings. The fraction of sp³-hybridized carbons (Fsp3) is 0.562. The molecule has 0 atom stereocenters. The number of phenolic OH excluding ortho intramolecular Hbond substituents is 1. The molecule has 0 radical (unpaired) electrons. The molecule has 1 aromatic carbocycles. The molecule has 1 aliphatic carbocycles. The van der Waals surface area contributed by atoms with Gasteiger partial charge in [0.05, 0.1) is 13.2 Å². The van der Waals surface area contributed by atoms with Gasteiger partial charge in [-0.25, -0.2) is 4.39 Å². The van der Waals surface area contributed by atoms with Crippen LogP contribution in [0.4, 0.5) is 4.39 Å². The molecule has 120 valence electrons. The van der Waals surface area contributed by atoms with E-state index >= 15 is 0 Å². The molecule has 1 spiro atoms. The van der Waals surface area contributed by atoms with Crippen molar-refractivity contribution in [2.45, 2.75) is 43.9 Å². The minimum absolute atomic E-state index is 0.244. The van der Waals surface area contributed by atoms with Crippen molar-refractivity contribution in [2.75, 3.05) is 13.2 Å². The zero-order valence-electron chi connectivity index (χ0n) is 12.5. The predicted octanol–water partition coefficient (Wildman–Crippen LogP) is 2.34. The van der Waals surface area contributed by atoms with E-state index in [4.69, 9.17) is 9.47 Å². The van der Waals surface area contributed by atoms with Gasteiger partial charge >= 0.3 is 0 Å². The number of amides is 1. The third kappa shape index (κ3) is 2.94. The number of halogens is 1. The summed E-state index contributed by atoms with van der Waals surface area (Å²) < 4.78 is 24.4. The fourth-order valence-corrected chi connectivity index (χ4v) is 3.09. The third-order valence-corrected chi connectivity index (χ3v) is 4.55. The Hall–Kier alpha value is -1.66. The van der Waals surface area contributed by atoms with Crippen molar-refractivity contribution >= 4 is 5.91 Å². The van der Waals surface area contributed by atoms with Crippen molar-refractivity contribution in [3.05, 3.63) is 29.6 Å². The van der Waals surface area contributed by atoms with Gasteiger partial charge < -0.3 is 19.9 Å². The van der Waals surface area contributed by atoms with Crippen molar-refractivity contribution in [1.82, 2.24) is 5.32 Å². The average molecular weight is 309 g/mol. The highest BCUT2D eigenvalue weighted by Crippen LogP contribution is 2.40. The standard InChI is InChI=1S/C16H20FNO4/c1-15(4-6-16(7-5-15)21-8-9-22-16)18-14(20)11-2-3-12(17)13(19)10-11/h2-3,10,19H,4-9H2,1H3,(H,18,20). The lowest BCUT2D eigenvalue weighted by Crippen LogP contribution is -2.52. The van der Waals surface area contributed by atoms with Crippen LogP contribution >= 0.6 is 0 Å². The van der Waals surface area contributed by atoms with Crippen molar-refractivity contribution in [3.8, 4) is 5.75 Å². The molecule has 0 aromatic heterocycles. The SMILES string of the molecule is CC1(NC(=O)c2ccc(F)c(O)c2)CCC2(CC1)OCCO2. The maximum Gasteiger partial charge on any atom is 0.251 e. The third-order valence-electron chi connectivity index (χ3n) is 4.55. The lowest BCUT2D eigenvalue weighted by Gasteiger charge is -2.42. The summed E-state index contributed by atoms with van der Waals surface area (Å²) in [5.74, 6) is -2.05. The van der Waals surface area contributed by atoms with E-state index < -0.39 is 17.4 Å². The monoisotopic (exact) mass is 309 g/mol. The number of hydrogen-bond acceptors (Lipinski definition) is 4. The normalized spacial score (nSPS) is 22.6. The second kappa shape index (κ2) is 5.52. The summed E-state index contributed by atoms with van der Waals surface area (Å²) in [5, 5.41) is 12.4. The average Bonchev–Trinajstić information content (AvgIpc) is 2.94. The van der Waals surface area contributed by atoms with Crippen molar-refractivity contribution in [3.63, 3.8) is 0 Å². The number of carbonyl (C=O) groups is 1. The molecule has 2 fully saturated rings. The van der Waals surface area contributed by atoms with E-state index in [1.54, 1.807) is 0 Å². The highest BCUT2D eigenvalue weighted by atomic mass is 19.1. The predicted molar refractivity (Wildman–Crippen MR) is 77.0 cm³/mol. The first-order valence-corrected chi connectivity index (χ1v) is 7.50. The zero-order chi connectivity index (χ0) is 15.8. The minimum atomic E-state index is -0.738. The molecular weight excluding hydrogens is 289 g/mol. The first-order chi connectivity index (χ1) is 10.4. The molecule has 3 rings (SSSR count). The summed E-state index contributed by atoms with van der Waals surface area (Å²) >= 11 is 0. The molecule has 5 nitrogen and oxygen atoms in total. The van der Waals surface area contributed by atoms with Gasteiger partial charge in [-0.1, -0.05) is 0 Å². The van der Waals surface area contributed by atoms with E-state index in [-0.39, 0.29) is 17.0 Å². The number of rotatable bonds is 2. The van der Waals surface area contributed by atoms with Gasteiger partial charge in [-0.2, -0.15) is 0 Å². The molecular formula is C16H20FNO4. The van der Waals surface area contributed by atoms with Gasteiger partial charge in [0, 0.05) is 23.9 Å². The first-order valence-electron chi connectivity index (χ1n) is 7.50. The second-order valence-corrected chi connectivity index (χ2v) is 6.29. The molecule has 2 N–H and O–H groups in total. The van der Waals surface area contributed by atoms with E-state index in [1.807, 2.05) is 6.92 Å². The number of aromatic hydroxyl groups is 1. The summed E-state index contributed by atoms with van der Waals surface area (Å²) in [6, 6.07) is 3.59. The van der Waals surface area contributed by atoms with Crippen LogP contribution in [0.3, 0.4) is 0 Å². The van der Waals surface area contributed by atoms with Gasteiger partial charge in [0.2, 0.25) is 0 Å². The van der Waals surface area contributed by atoms with Gasteiger partial charge in [-0.05, 0) is 38.0 Å². The van der Waals surface area contributed by atoms with Gasteiger partial charge in [0.1, 0.15) is 0 Å². The molecule has 1 aliphatic heterocycles. The second-order valence-electron chi connectivity index (χ2n) is 6.29. The lowest BCUT2D eigenvalue weighted by molar-refractivity contribution is -0.184. The molecule has 1 aromatic rings. The van der Waals surface area contributed by atoms with Crippen molar-refractivity contribution in [1.29, 1.82) is 0 Å². The summed E-state index contributed by atoms with van der Waals surface area (Å²) in [4.78, 5) is 12.3. The highest BCUT2D eigenvalue weighted by molar-refractivity contribution is 5.95. The topological polar surface area (TPSA) is 67.8 Å². The molecule has 0 unspecified atom stereocenters. The largest absolute Gasteiger partial charge is 0.505 e. The van der Waals surface area contributed by atoms with E-state index in [0.29, 0.717) is 13.2 Å². The number of phenols is 1. The van der Waals surface area contributed by atoms with Gasteiger partial charge in [-0.3, -0.25) is 4.79 Å². The Bertz CT molecular complexity index is 574.